The number of aryl methyl sites for hydroxylation is 1. The minimum absolute atomic E-state index is 0.0896. The second-order valence-electron chi connectivity index (χ2n) is 4.65. The highest BCUT2D eigenvalue weighted by atomic mass is 32.2. The molecule has 0 amide bonds. The van der Waals surface area contributed by atoms with E-state index in [2.05, 4.69) is 14.9 Å². The number of hydrogen-bond acceptors (Lipinski definition) is 5. The van der Waals surface area contributed by atoms with Crippen LogP contribution >= 0.6 is 0 Å². The Hall–Kier alpha value is -0.960. The Morgan fingerprint density at radius 3 is 3.00 bits per heavy atom. The molecule has 1 aromatic heterocycles. The van der Waals surface area contributed by atoms with Crippen molar-refractivity contribution in [1.82, 2.24) is 14.9 Å². The number of nitrogens with two attached hydrogens (primary N) is 1. The number of H-pyrrole nitrogens is 1. The molecule has 0 aromatic carbocycles. The van der Waals surface area contributed by atoms with Crippen molar-refractivity contribution in [1.29, 1.82) is 0 Å². The molecule has 19 heavy (non-hydrogen) atoms. The maximum Gasteiger partial charge on any atom is 0.244 e. The summed E-state index contributed by atoms with van der Waals surface area (Å²) in [6.07, 6.45) is 2.91. The average molecular weight is 288 g/mol. The van der Waals surface area contributed by atoms with E-state index in [4.69, 9.17) is 10.5 Å². The fourth-order valence-corrected chi connectivity index (χ4v) is 3.68. The molecule has 1 aromatic rings. The summed E-state index contributed by atoms with van der Waals surface area (Å²) in [5, 5.41) is 6.54. The number of ether oxygens (including phenoxy) is 1. The van der Waals surface area contributed by atoms with E-state index in [1.165, 1.54) is 0 Å². The molecule has 0 radical (unpaired) electrons. The quantitative estimate of drug-likeness (QED) is 0.683. The van der Waals surface area contributed by atoms with Crippen molar-refractivity contribution in [2.45, 2.75) is 43.7 Å². The van der Waals surface area contributed by atoms with Crippen LogP contribution in [0, 0.1) is 6.92 Å². The van der Waals surface area contributed by atoms with Crippen LogP contribution in [-0.4, -0.2) is 37.9 Å². The summed E-state index contributed by atoms with van der Waals surface area (Å²) in [5.41, 5.74) is 6.36. The highest BCUT2D eigenvalue weighted by Crippen LogP contribution is 2.18. The summed E-state index contributed by atoms with van der Waals surface area (Å²) in [6.45, 7) is 2.89. The molecule has 1 aliphatic rings. The Kier molecular flexibility index (Phi) is 4.56. The van der Waals surface area contributed by atoms with Gasteiger partial charge in [0.05, 0.1) is 17.5 Å². The van der Waals surface area contributed by atoms with Crippen LogP contribution in [0.4, 0.5) is 0 Å². The van der Waals surface area contributed by atoms with Crippen LogP contribution in [-0.2, 0) is 21.3 Å². The van der Waals surface area contributed by atoms with Crippen LogP contribution in [0.3, 0.4) is 0 Å². The van der Waals surface area contributed by atoms with E-state index in [1.54, 1.807) is 6.92 Å². The lowest BCUT2D eigenvalue weighted by molar-refractivity contribution is 0.105. The van der Waals surface area contributed by atoms with Gasteiger partial charge in [0.15, 0.2) is 0 Å². The van der Waals surface area contributed by atoms with Gasteiger partial charge in [-0.05, 0) is 26.2 Å². The second-order valence-corrected chi connectivity index (χ2v) is 6.35. The average Bonchev–Trinajstić information content (AvgIpc) is 2.98. The SMILES string of the molecule is Cc1[nH]nc(CN)c1S(=O)(=O)NCCC1CCCO1. The lowest BCUT2D eigenvalue weighted by Crippen LogP contribution is -2.28. The van der Waals surface area contributed by atoms with Gasteiger partial charge in [-0.1, -0.05) is 0 Å². The van der Waals surface area contributed by atoms with Crippen LogP contribution in [0.1, 0.15) is 30.7 Å². The number of hydrogen-bond donors (Lipinski definition) is 3. The molecule has 0 aliphatic carbocycles. The van der Waals surface area contributed by atoms with Gasteiger partial charge in [0.2, 0.25) is 10.0 Å². The monoisotopic (exact) mass is 288 g/mol. The summed E-state index contributed by atoms with van der Waals surface area (Å²) in [7, 11) is -3.56. The molecule has 7 nitrogen and oxygen atoms in total. The summed E-state index contributed by atoms with van der Waals surface area (Å²) in [4.78, 5) is 0.169. The molecule has 4 N–H and O–H groups in total. The van der Waals surface area contributed by atoms with E-state index in [0.29, 0.717) is 24.4 Å². The molecule has 1 saturated heterocycles. The molecular formula is C11H20N4O3S. The Balaban J connectivity index is 1.99. The molecule has 2 rings (SSSR count). The highest BCUT2D eigenvalue weighted by molar-refractivity contribution is 7.89. The second kappa shape index (κ2) is 6.00. The minimum Gasteiger partial charge on any atom is -0.378 e. The molecule has 0 bridgehead atoms. The Labute approximate surface area is 113 Å². The van der Waals surface area contributed by atoms with E-state index >= 15 is 0 Å². The largest absolute Gasteiger partial charge is 0.378 e. The third-order valence-corrected chi connectivity index (χ3v) is 4.87. The molecule has 1 atom stereocenters. The van der Waals surface area contributed by atoms with Gasteiger partial charge in [0.1, 0.15) is 4.90 Å². The zero-order chi connectivity index (χ0) is 13.9. The number of rotatable bonds is 6. The van der Waals surface area contributed by atoms with E-state index < -0.39 is 10.0 Å². The van der Waals surface area contributed by atoms with Crippen LogP contribution in [0.2, 0.25) is 0 Å². The lowest BCUT2D eigenvalue weighted by atomic mass is 10.2. The number of aromatic nitrogens is 2. The van der Waals surface area contributed by atoms with Gasteiger partial charge in [0.25, 0.3) is 0 Å². The van der Waals surface area contributed by atoms with Crippen molar-refractivity contribution in [3.05, 3.63) is 11.4 Å². The summed E-state index contributed by atoms with van der Waals surface area (Å²) >= 11 is 0. The van der Waals surface area contributed by atoms with E-state index in [-0.39, 0.29) is 17.5 Å². The Bertz CT molecular complexity index is 520. The predicted molar refractivity (Wildman–Crippen MR) is 70.0 cm³/mol. The van der Waals surface area contributed by atoms with Gasteiger partial charge in [-0.15, -0.1) is 0 Å². The lowest BCUT2D eigenvalue weighted by Gasteiger charge is -2.11. The van der Waals surface area contributed by atoms with Gasteiger partial charge in [0, 0.05) is 19.7 Å². The third kappa shape index (κ3) is 3.33. The van der Waals surface area contributed by atoms with Gasteiger partial charge in [-0.25, -0.2) is 13.1 Å². The van der Waals surface area contributed by atoms with Gasteiger partial charge < -0.3 is 10.5 Å². The standard InChI is InChI=1S/C11H20N4O3S/c1-8-11(10(7-12)15-14-8)19(16,17)13-5-4-9-3-2-6-18-9/h9,13H,2-7,12H2,1H3,(H,14,15). The summed E-state index contributed by atoms with van der Waals surface area (Å²) in [6, 6.07) is 0. The van der Waals surface area contributed by atoms with Crippen LogP contribution in [0.25, 0.3) is 0 Å². The number of aromatic amines is 1. The highest BCUT2D eigenvalue weighted by Gasteiger charge is 2.24. The van der Waals surface area contributed by atoms with Crippen LogP contribution < -0.4 is 10.5 Å². The van der Waals surface area contributed by atoms with Crippen molar-refractivity contribution < 1.29 is 13.2 Å². The zero-order valence-corrected chi connectivity index (χ0v) is 11.8. The molecule has 0 saturated carbocycles. The molecule has 2 heterocycles. The molecule has 1 fully saturated rings. The van der Waals surface area contributed by atoms with Crippen LogP contribution in [0.15, 0.2) is 4.90 Å². The molecule has 0 spiro atoms. The van der Waals surface area contributed by atoms with Crippen molar-refractivity contribution in [2.75, 3.05) is 13.2 Å². The third-order valence-electron chi connectivity index (χ3n) is 3.21. The molecule has 1 aliphatic heterocycles. The number of sulfonamides is 1. The molecule has 1 unspecified atom stereocenters. The first-order valence-corrected chi connectivity index (χ1v) is 7.88. The fourth-order valence-electron chi connectivity index (χ4n) is 2.26. The van der Waals surface area contributed by atoms with Crippen molar-refractivity contribution in [2.24, 2.45) is 5.73 Å². The summed E-state index contributed by atoms with van der Waals surface area (Å²) in [5.74, 6) is 0. The van der Waals surface area contributed by atoms with E-state index in [0.717, 1.165) is 19.4 Å². The smallest absolute Gasteiger partial charge is 0.244 e. The topological polar surface area (TPSA) is 110 Å². The fraction of sp³-hybridized carbons (Fsp3) is 0.727. The predicted octanol–water partition coefficient (Wildman–Crippen LogP) is 0.0242. The maximum absolute atomic E-state index is 12.2. The van der Waals surface area contributed by atoms with Gasteiger partial charge in [-0.3, -0.25) is 5.10 Å². The first-order valence-electron chi connectivity index (χ1n) is 6.40. The van der Waals surface area contributed by atoms with Gasteiger partial charge in [-0.2, -0.15) is 5.10 Å². The van der Waals surface area contributed by atoms with Gasteiger partial charge >= 0.3 is 0 Å². The Morgan fingerprint density at radius 2 is 2.37 bits per heavy atom. The first kappa shape index (κ1) is 14.4. The minimum atomic E-state index is -3.56. The Morgan fingerprint density at radius 1 is 1.58 bits per heavy atom. The van der Waals surface area contributed by atoms with Crippen molar-refractivity contribution >= 4 is 10.0 Å². The number of nitrogens with zero attached hydrogens (tertiary/aromatic N) is 1. The first-order chi connectivity index (χ1) is 9.04. The van der Waals surface area contributed by atoms with Crippen molar-refractivity contribution in [3.8, 4) is 0 Å². The maximum atomic E-state index is 12.2. The van der Waals surface area contributed by atoms with E-state index in [9.17, 15) is 8.42 Å². The molecular weight excluding hydrogens is 268 g/mol. The molecule has 108 valence electrons. The number of nitrogens with one attached hydrogen (secondary N) is 2. The van der Waals surface area contributed by atoms with Crippen LogP contribution in [0.5, 0.6) is 0 Å². The molecule has 8 heteroatoms. The zero-order valence-electron chi connectivity index (χ0n) is 11.0. The van der Waals surface area contributed by atoms with Crippen molar-refractivity contribution in [3.63, 3.8) is 0 Å². The van der Waals surface area contributed by atoms with E-state index in [1.807, 2.05) is 0 Å². The normalized spacial score (nSPS) is 20.0. The summed E-state index contributed by atoms with van der Waals surface area (Å²) < 4.78 is 32.4.